The van der Waals surface area contributed by atoms with Crippen molar-refractivity contribution in [3.8, 4) is 11.1 Å². The van der Waals surface area contributed by atoms with Gasteiger partial charge >= 0.3 is 0 Å². The van der Waals surface area contributed by atoms with E-state index in [0.29, 0.717) is 41.9 Å². The van der Waals surface area contributed by atoms with E-state index in [-0.39, 0.29) is 35.7 Å². The molecule has 0 amide bonds. The Morgan fingerprint density at radius 3 is 2.10 bits per heavy atom. The first-order valence-corrected chi connectivity index (χ1v) is 11.0. The fraction of sp³-hybridized carbons (Fsp3) is 0.520. The first-order chi connectivity index (χ1) is 14.5. The van der Waals surface area contributed by atoms with Gasteiger partial charge in [0.15, 0.2) is 23.3 Å². The minimum Gasteiger partial charge on any atom is -0.251 e. The number of aryl methyl sites for hydroxylation is 1. The van der Waals surface area contributed by atoms with Crippen LogP contribution in [0.25, 0.3) is 11.1 Å². The zero-order chi connectivity index (χ0) is 21.4. The highest BCUT2D eigenvalue weighted by atomic mass is 19.2. The van der Waals surface area contributed by atoms with Gasteiger partial charge in [-0.2, -0.15) is 0 Å². The molecule has 0 heterocycles. The largest absolute Gasteiger partial charge is 0.251 e. The molecule has 1 saturated carbocycles. The molecule has 0 aliphatic heterocycles. The van der Waals surface area contributed by atoms with Gasteiger partial charge in [-0.05, 0) is 85.5 Å². The molecular weight excluding hydrogens is 395 g/mol. The van der Waals surface area contributed by atoms with Gasteiger partial charge in [-0.3, -0.25) is 4.39 Å². The molecule has 0 radical (unpaired) electrons. The van der Waals surface area contributed by atoms with Crippen LogP contribution in [0.5, 0.6) is 0 Å². The van der Waals surface area contributed by atoms with Crippen molar-refractivity contribution in [2.24, 2.45) is 5.92 Å². The molecule has 2 aromatic rings. The van der Waals surface area contributed by atoms with Gasteiger partial charge in [0, 0.05) is 11.1 Å². The maximum absolute atomic E-state index is 15.1. The third-order valence-electron chi connectivity index (χ3n) is 6.86. The van der Waals surface area contributed by atoms with Crippen molar-refractivity contribution in [1.29, 1.82) is 0 Å². The molecule has 0 unspecified atom stereocenters. The highest BCUT2D eigenvalue weighted by molar-refractivity contribution is 5.79. The molecular formula is C25H27F5. The lowest BCUT2D eigenvalue weighted by atomic mass is 9.76. The van der Waals surface area contributed by atoms with Crippen molar-refractivity contribution in [3.63, 3.8) is 0 Å². The van der Waals surface area contributed by atoms with E-state index in [1.165, 1.54) is 0 Å². The summed E-state index contributed by atoms with van der Waals surface area (Å²) in [5.74, 6) is -3.69. The van der Waals surface area contributed by atoms with Gasteiger partial charge in [-0.15, -0.1) is 0 Å². The lowest BCUT2D eigenvalue weighted by Crippen LogP contribution is -2.15. The Labute approximate surface area is 174 Å². The Morgan fingerprint density at radius 1 is 0.833 bits per heavy atom. The van der Waals surface area contributed by atoms with Crippen LogP contribution in [0.2, 0.25) is 0 Å². The van der Waals surface area contributed by atoms with Crippen molar-refractivity contribution in [1.82, 2.24) is 0 Å². The minimum absolute atomic E-state index is 0.0904. The van der Waals surface area contributed by atoms with Gasteiger partial charge in [0.1, 0.15) is 0 Å². The van der Waals surface area contributed by atoms with Crippen molar-refractivity contribution >= 4 is 0 Å². The molecule has 2 aliphatic carbocycles. The molecule has 162 valence electrons. The number of benzene rings is 2. The number of rotatable bonds is 6. The second kappa shape index (κ2) is 8.68. The number of alkyl halides is 1. The van der Waals surface area contributed by atoms with E-state index in [9.17, 15) is 13.2 Å². The van der Waals surface area contributed by atoms with E-state index < -0.39 is 23.3 Å². The maximum atomic E-state index is 15.1. The van der Waals surface area contributed by atoms with Crippen LogP contribution in [0.4, 0.5) is 22.0 Å². The number of fused-ring (bicyclic) bond motifs is 3. The predicted octanol–water partition coefficient (Wildman–Crippen LogP) is 7.79. The number of hydrogen-bond acceptors (Lipinski definition) is 0. The van der Waals surface area contributed by atoms with E-state index in [2.05, 4.69) is 0 Å². The monoisotopic (exact) mass is 422 g/mol. The van der Waals surface area contributed by atoms with Gasteiger partial charge < -0.3 is 0 Å². The fourth-order valence-electron chi connectivity index (χ4n) is 5.34. The summed E-state index contributed by atoms with van der Waals surface area (Å²) in [7, 11) is 0. The van der Waals surface area contributed by atoms with Crippen molar-refractivity contribution in [2.75, 3.05) is 6.67 Å². The average molecular weight is 422 g/mol. The molecule has 1 fully saturated rings. The molecule has 4 rings (SSSR count). The van der Waals surface area contributed by atoms with Gasteiger partial charge in [-0.25, -0.2) is 17.6 Å². The van der Waals surface area contributed by atoms with Gasteiger partial charge in [0.2, 0.25) is 0 Å². The molecule has 0 aromatic heterocycles. The lowest BCUT2D eigenvalue weighted by Gasteiger charge is -2.29. The summed E-state index contributed by atoms with van der Waals surface area (Å²) in [6.07, 6.45) is 5.98. The molecule has 30 heavy (non-hydrogen) atoms. The summed E-state index contributed by atoms with van der Waals surface area (Å²) in [5.41, 5.74) is 1.44. The molecule has 0 nitrogen and oxygen atoms in total. The summed E-state index contributed by atoms with van der Waals surface area (Å²) in [4.78, 5) is 0. The number of hydrogen-bond donors (Lipinski definition) is 0. The summed E-state index contributed by atoms with van der Waals surface area (Å²) in [6.45, 7) is 1.56. The Morgan fingerprint density at radius 2 is 1.47 bits per heavy atom. The average Bonchev–Trinajstić information content (AvgIpc) is 3.12. The lowest BCUT2D eigenvalue weighted by molar-refractivity contribution is 0.289. The Balaban J connectivity index is 1.66. The van der Waals surface area contributed by atoms with E-state index >= 15 is 8.78 Å². The molecule has 2 aromatic carbocycles. The van der Waals surface area contributed by atoms with Crippen LogP contribution in [0.3, 0.4) is 0 Å². The standard InChI is InChI=1S/C25H27F5/c1-2-4-16-11-17-12-18-13-19(15-8-6-14(7-9-15)5-3-10-26)23(28)25(30)21(18)20(17)24(29)22(16)27/h11,13-15H,2-10,12H2,1H3. The quantitative estimate of drug-likeness (QED) is 0.356. The first-order valence-electron chi connectivity index (χ1n) is 11.0. The topological polar surface area (TPSA) is 0 Å². The van der Waals surface area contributed by atoms with Crippen molar-refractivity contribution < 1.29 is 22.0 Å². The summed E-state index contributed by atoms with van der Waals surface area (Å²) in [6, 6.07) is 3.27. The Hall–Kier alpha value is -1.91. The second-order valence-electron chi connectivity index (χ2n) is 8.80. The van der Waals surface area contributed by atoms with Crippen LogP contribution in [-0.4, -0.2) is 6.67 Å². The SMILES string of the molecule is CCCc1cc2c(c(F)c1F)-c1c(cc(C3CCC(CCCF)CC3)c(F)c1F)C2. The molecule has 0 saturated heterocycles. The van der Waals surface area contributed by atoms with E-state index in [1.807, 2.05) is 6.92 Å². The van der Waals surface area contributed by atoms with Crippen molar-refractivity contribution in [3.05, 3.63) is 57.7 Å². The zero-order valence-corrected chi connectivity index (χ0v) is 17.3. The third kappa shape index (κ3) is 3.65. The normalized spacial score (nSPS) is 20.3. The highest BCUT2D eigenvalue weighted by Gasteiger charge is 2.34. The van der Waals surface area contributed by atoms with Crippen LogP contribution >= 0.6 is 0 Å². The van der Waals surface area contributed by atoms with Crippen LogP contribution < -0.4 is 0 Å². The Bertz CT molecular complexity index is 942. The van der Waals surface area contributed by atoms with Crippen molar-refractivity contribution in [2.45, 2.75) is 70.6 Å². The number of halogens is 5. The second-order valence-corrected chi connectivity index (χ2v) is 8.80. The van der Waals surface area contributed by atoms with Crippen LogP contribution in [-0.2, 0) is 12.8 Å². The van der Waals surface area contributed by atoms with Gasteiger partial charge in [-0.1, -0.05) is 25.5 Å². The van der Waals surface area contributed by atoms with Crippen LogP contribution in [0.1, 0.15) is 80.0 Å². The molecule has 0 bridgehead atoms. The van der Waals surface area contributed by atoms with Crippen LogP contribution in [0, 0.1) is 29.2 Å². The first kappa shape index (κ1) is 21.3. The van der Waals surface area contributed by atoms with E-state index in [4.69, 9.17) is 0 Å². The van der Waals surface area contributed by atoms with Gasteiger partial charge in [0.05, 0.1) is 6.67 Å². The summed E-state index contributed by atoms with van der Waals surface area (Å²) >= 11 is 0. The maximum Gasteiger partial charge on any atom is 0.167 e. The molecule has 0 atom stereocenters. The fourth-order valence-corrected chi connectivity index (χ4v) is 5.34. The Kier molecular flexibility index (Phi) is 6.17. The molecule has 5 heteroatoms. The van der Waals surface area contributed by atoms with Gasteiger partial charge in [0.25, 0.3) is 0 Å². The smallest absolute Gasteiger partial charge is 0.167 e. The highest BCUT2D eigenvalue weighted by Crippen LogP contribution is 2.46. The summed E-state index contributed by atoms with van der Waals surface area (Å²) in [5, 5.41) is 0. The van der Waals surface area contributed by atoms with E-state index in [0.717, 1.165) is 32.1 Å². The molecule has 0 N–H and O–H groups in total. The van der Waals surface area contributed by atoms with Crippen LogP contribution in [0.15, 0.2) is 12.1 Å². The summed E-state index contributed by atoms with van der Waals surface area (Å²) < 4.78 is 71.8. The molecule has 2 aliphatic rings. The third-order valence-corrected chi connectivity index (χ3v) is 6.86. The molecule has 0 spiro atoms. The van der Waals surface area contributed by atoms with E-state index in [1.54, 1.807) is 12.1 Å². The zero-order valence-electron chi connectivity index (χ0n) is 17.3. The predicted molar refractivity (Wildman–Crippen MR) is 108 cm³/mol. The minimum atomic E-state index is -1.07.